The monoisotopic (exact) mass is 262 g/mol. The van der Waals surface area contributed by atoms with Crippen molar-refractivity contribution in [1.29, 1.82) is 0 Å². The van der Waals surface area contributed by atoms with E-state index in [0.29, 0.717) is 23.8 Å². The number of ether oxygens (including phenoxy) is 1. The van der Waals surface area contributed by atoms with Crippen molar-refractivity contribution in [2.24, 2.45) is 0 Å². The number of aromatic nitrogens is 2. The highest BCUT2D eigenvalue weighted by Crippen LogP contribution is 2.13. The van der Waals surface area contributed by atoms with Crippen LogP contribution < -0.4 is 4.74 Å². The number of aryl methyl sites for hydroxylation is 1. The molecule has 1 aromatic rings. The molecule has 90 valence electrons. The Kier molecular flexibility index (Phi) is 5.41. The standard InChI is InChI=1S/C9H14N2O3S2/c1-7(16(12)13)5-3-4-6-14-9-8(2)10-15-11-9/h3-6H2,1-2H3. The molecule has 0 saturated carbocycles. The van der Waals surface area contributed by atoms with Gasteiger partial charge in [-0.25, -0.2) is 0 Å². The predicted molar refractivity (Wildman–Crippen MR) is 63.6 cm³/mol. The Hall–Kier alpha value is -0.950. The molecule has 0 N–H and O–H groups in total. The average Bonchev–Trinajstić information content (AvgIpc) is 2.63. The third-order valence-corrected chi connectivity index (χ3v) is 3.43. The zero-order valence-corrected chi connectivity index (χ0v) is 10.9. The molecule has 5 nitrogen and oxygen atoms in total. The molecule has 0 aromatic carbocycles. The van der Waals surface area contributed by atoms with E-state index in [0.717, 1.165) is 30.3 Å². The summed E-state index contributed by atoms with van der Waals surface area (Å²) in [6.07, 6.45) is 2.20. The molecule has 0 aliphatic rings. The quantitative estimate of drug-likeness (QED) is 0.573. The summed E-state index contributed by atoms with van der Waals surface area (Å²) in [7, 11) is -2.04. The van der Waals surface area contributed by atoms with Gasteiger partial charge in [0.15, 0.2) is 0 Å². The van der Waals surface area contributed by atoms with E-state index in [1.807, 2.05) is 6.92 Å². The van der Waals surface area contributed by atoms with Gasteiger partial charge in [-0.2, -0.15) is 12.8 Å². The van der Waals surface area contributed by atoms with Crippen LogP contribution in [0.1, 0.15) is 31.9 Å². The average molecular weight is 262 g/mol. The number of nitrogens with zero attached hydrogens (tertiary/aromatic N) is 2. The SMILES string of the molecule is CC(CCCCOc1nsnc1C)=S(=O)=O. The van der Waals surface area contributed by atoms with E-state index in [1.165, 1.54) is 0 Å². The molecule has 0 aliphatic carbocycles. The summed E-state index contributed by atoms with van der Waals surface area (Å²) in [6, 6.07) is 0. The van der Waals surface area contributed by atoms with Crippen molar-refractivity contribution in [2.75, 3.05) is 6.61 Å². The first-order valence-electron chi connectivity index (χ1n) is 4.95. The van der Waals surface area contributed by atoms with Crippen LogP contribution in [0.2, 0.25) is 0 Å². The minimum atomic E-state index is -2.04. The molecule has 0 atom stereocenters. The van der Waals surface area contributed by atoms with E-state index in [1.54, 1.807) is 6.92 Å². The molecular weight excluding hydrogens is 248 g/mol. The van der Waals surface area contributed by atoms with Gasteiger partial charge in [-0.15, -0.1) is 4.37 Å². The molecule has 0 spiro atoms. The highest BCUT2D eigenvalue weighted by atomic mass is 32.2. The molecule has 0 unspecified atom stereocenters. The highest BCUT2D eigenvalue weighted by Gasteiger charge is 2.03. The van der Waals surface area contributed by atoms with Crippen molar-refractivity contribution in [2.45, 2.75) is 33.1 Å². The molecule has 0 bridgehead atoms. The van der Waals surface area contributed by atoms with Crippen LogP contribution in [0.5, 0.6) is 5.88 Å². The number of rotatable bonds is 6. The Morgan fingerprint density at radius 3 is 2.69 bits per heavy atom. The maximum Gasteiger partial charge on any atom is 0.248 e. The Balaban J connectivity index is 2.19. The molecule has 0 fully saturated rings. The molecule has 0 amide bonds. The van der Waals surface area contributed by atoms with E-state index in [9.17, 15) is 8.42 Å². The first-order chi connectivity index (χ1) is 7.61. The van der Waals surface area contributed by atoms with E-state index in [-0.39, 0.29) is 0 Å². The van der Waals surface area contributed by atoms with Crippen molar-refractivity contribution >= 4 is 26.9 Å². The molecule has 7 heteroatoms. The zero-order chi connectivity index (χ0) is 12.0. The highest BCUT2D eigenvalue weighted by molar-refractivity contribution is 7.72. The Morgan fingerprint density at radius 1 is 1.38 bits per heavy atom. The Morgan fingerprint density at radius 2 is 2.12 bits per heavy atom. The first-order valence-corrected chi connectivity index (χ1v) is 6.75. The minimum absolute atomic E-state index is 0.492. The fourth-order valence-electron chi connectivity index (χ4n) is 1.08. The van der Waals surface area contributed by atoms with Crippen molar-refractivity contribution < 1.29 is 13.2 Å². The van der Waals surface area contributed by atoms with Gasteiger partial charge >= 0.3 is 0 Å². The van der Waals surface area contributed by atoms with Crippen molar-refractivity contribution in [1.82, 2.24) is 8.75 Å². The van der Waals surface area contributed by atoms with E-state index >= 15 is 0 Å². The second kappa shape index (κ2) is 6.59. The zero-order valence-electron chi connectivity index (χ0n) is 9.26. The number of unbranched alkanes of at least 4 members (excludes halogenated alkanes) is 1. The fourth-order valence-corrected chi connectivity index (χ4v) is 1.89. The molecule has 0 saturated heterocycles. The summed E-state index contributed by atoms with van der Waals surface area (Å²) in [5, 5.41) is 0. The van der Waals surface area contributed by atoms with Gasteiger partial charge in [-0.05, 0) is 33.1 Å². The maximum absolute atomic E-state index is 10.5. The molecule has 16 heavy (non-hydrogen) atoms. The molecule has 1 heterocycles. The molecule has 1 aromatic heterocycles. The lowest BCUT2D eigenvalue weighted by molar-refractivity contribution is 0.297. The summed E-state index contributed by atoms with van der Waals surface area (Å²) >= 11 is 1.13. The molecular formula is C9H14N2O3S2. The second-order valence-electron chi connectivity index (χ2n) is 3.40. The van der Waals surface area contributed by atoms with Crippen LogP contribution in [0.15, 0.2) is 0 Å². The summed E-state index contributed by atoms with van der Waals surface area (Å²) in [6.45, 7) is 4.01. The van der Waals surface area contributed by atoms with Crippen LogP contribution in [-0.2, 0) is 10.3 Å². The molecule has 0 aliphatic heterocycles. The van der Waals surface area contributed by atoms with E-state index < -0.39 is 10.3 Å². The van der Waals surface area contributed by atoms with Gasteiger partial charge in [0.1, 0.15) is 5.69 Å². The van der Waals surface area contributed by atoms with Gasteiger partial charge in [-0.3, -0.25) is 0 Å². The first kappa shape index (κ1) is 13.1. The van der Waals surface area contributed by atoms with Crippen LogP contribution in [0.4, 0.5) is 0 Å². The van der Waals surface area contributed by atoms with Crippen molar-refractivity contribution in [3.8, 4) is 5.88 Å². The van der Waals surface area contributed by atoms with Gasteiger partial charge in [0.2, 0.25) is 16.2 Å². The summed E-state index contributed by atoms with van der Waals surface area (Å²) in [5.74, 6) is 0.582. The third-order valence-electron chi connectivity index (χ3n) is 2.06. The molecule has 0 radical (unpaired) electrons. The van der Waals surface area contributed by atoms with Crippen molar-refractivity contribution in [3.05, 3.63) is 5.69 Å². The Bertz CT molecular complexity index is 457. The van der Waals surface area contributed by atoms with Crippen LogP contribution in [0.3, 0.4) is 0 Å². The van der Waals surface area contributed by atoms with E-state index in [2.05, 4.69) is 8.75 Å². The van der Waals surface area contributed by atoms with Gasteiger partial charge in [0.25, 0.3) is 0 Å². The predicted octanol–water partition coefficient (Wildman–Crippen LogP) is 1.47. The van der Waals surface area contributed by atoms with Crippen LogP contribution in [-0.4, -0.2) is 28.6 Å². The summed E-state index contributed by atoms with van der Waals surface area (Å²) in [4.78, 5) is 0.492. The fraction of sp³-hybridized carbons (Fsp3) is 0.667. The number of hydrogen-bond acceptors (Lipinski definition) is 6. The Labute approximate surface area is 100 Å². The lowest BCUT2D eigenvalue weighted by atomic mass is 10.2. The summed E-state index contributed by atoms with van der Waals surface area (Å²) < 4.78 is 34.4. The summed E-state index contributed by atoms with van der Waals surface area (Å²) in [5.41, 5.74) is 0.799. The lowest BCUT2D eigenvalue weighted by Gasteiger charge is -2.02. The second-order valence-corrected chi connectivity index (χ2v) is 5.09. The van der Waals surface area contributed by atoms with Crippen molar-refractivity contribution in [3.63, 3.8) is 0 Å². The molecule has 1 rings (SSSR count). The van der Waals surface area contributed by atoms with E-state index in [4.69, 9.17) is 4.74 Å². The lowest BCUT2D eigenvalue weighted by Crippen LogP contribution is -2.00. The minimum Gasteiger partial charge on any atom is -0.476 e. The third kappa shape index (κ3) is 4.28. The van der Waals surface area contributed by atoms with Gasteiger partial charge < -0.3 is 4.74 Å². The normalized spacial score (nSPS) is 10.1. The smallest absolute Gasteiger partial charge is 0.248 e. The maximum atomic E-state index is 10.5. The van der Waals surface area contributed by atoms with Gasteiger partial charge in [-0.1, -0.05) is 0 Å². The van der Waals surface area contributed by atoms with Crippen LogP contribution in [0, 0.1) is 6.92 Å². The number of hydrogen-bond donors (Lipinski definition) is 0. The van der Waals surface area contributed by atoms with Crippen LogP contribution >= 0.6 is 11.7 Å². The van der Waals surface area contributed by atoms with Gasteiger partial charge in [0, 0.05) is 4.86 Å². The largest absolute Gasteiger partial charge is 0.476 e. The van der Waals surface area contributed by atoms with Crippen LogP contribution in [0.25, 0.3) is 0 Å². The topological polar surface area (TPSA) is 69.2 Å². The van der Waals surface area contributed by atoms with Gasteiger partial charge in [0.05, 0.1) is 18.3 Å².